The summed E-state index contributed by atoms with van der Waals surface area (Å²) in [6, 6.07) is 4.98. The lowest BCUT2D eigenvalue weighted by Gasteiger charge is -2.24. The predicted molar refractivity (Wildman–Crippen MR) is 68.7 cm³/mol. The number of nitriles is 1. The summed E-state index contributed by atoms with van der Waals surface area (Å²) < 4.78 is 37.6. The molecule has 1 rings (SSSR count). The van der Waals surface area contributed by atoms with Gasteiger partial charge in [-0.1, -0.05) is 20.8 Å². The molecule has 0 radical (unpaired) electrons. The molecule has 2 nitrogen and oxygen atoms in total. The number of hydrogen-bond acceptors (Lipinski definition) is 2. The quantitative estimate of drug-likeness (QED) is 0.878. The van der Waals surface area contributed by atoms with E-state index in [0.717, 1.165) is 18.6 Å². The molecule has 1 N–H and O–H groups in total. The van der Waals surface area contributed by atoms with Gasteiger partial charge in [-0.25, -0.2) is 0 Å². The second-order valence-corrected chi connectivity index (χ2v) is 5.24. The van der Waals surface area contributed by atoms with Crippen molar-refractivity contribution in [2.24, 2.45) is 5.41 Å². The Hall–Kier alpha value is -1.70. The van der Waals surface area contributed by atoms with Gasteiger partial charge in [-0.2, -0.15) is 18.4 Å². The first-order valence-corrected chi connectivity index (χ1v) is 6.05. The molecule has 0 aliphatic rings. The first-order valence-electron chi connectivity index (χ1n) is 6.05. The molecular weight excluding hydrogens is 253 g/mol. The lowest BCUT2D eigenvalue weighted by atomic mass is 9.90. The van der Waals surface area contributed by atoms with Crippen molar-refractivity contribution in [2.75, 3.05) is 11.9 Å². The summed E-state index contributed by atoms with van der Waals surface area (Å²) >= 11 is 0. The third-order valence-corrected chi connectivity index (χ3v) is 3.18. The first kappa shape index (κ1) is 15.4. The van der Waals surface area contributed by atoms with Crippen LogP contribution < -0.4 is 5.32 Å². The van der Waals surface area contributed by atoms with Gasteiger partial charge >= 0.3 is 6.18 Å². The van der Waals surface area contributed by atoms with Crippen LogP contribution in [0.25, 0.3) is 0 Å². The van der Waals surface area contributed by atoms with Crippen LogP contribution in [0.15, 0.2) is 18.2 Å². The summed E-state index contributed by atoms with van der Waals surface area (Å²) in [5.41, 5.74) is -0.321. The normalized spacial score (nSPS) is 12.1. The van der Waals surface area contributed by atoms with Gasteiger partial charge < -0.3 is 5.32 Å². The first-order chi connectivity index (χ1) is 8.69. The van der Waals surface area contributed by atoms with Crippen LogP contribution in [0, 0.1) is 16.7 Å². The van der Waals surface area contributed by atoms with Crippen LogP contribution >= 0.6 is 0 Å². The Morgan fingerprint density at radius 3 is 2.37 bits per heavy atom. The second-order valence-electron chi connectivity index (χ2n) is 5.24. The molecule has 0 amide bonds. The molecule has 0 saturated heterocycles. The molecule has 5 heteroatoms. The zero-order valence-electron chi connectivity index (χ0n) is 11.2. The molecule has 0 aromatic heterocycles. The fraction of sp³-hybridized carbons (Fsp3) is 0.500. The molecule has 0 spiro atoms. The van der Waals surface area contributed by atoms with Gasteiger partial charge in [0.15, 0.2) is 0 Å². The van der Waals surface area contributed by atoms with Crippen molar-refractivity contribution in [3.05, 3.63) is 29.3 Å². The van der Waals surface area contributed by atoms with Crippen LogP contribution in [0.1, 0.15) is 38.3 Å². The zero-order valence-corrected chi connectivity index (χ0v) is 11.2. The standard InChI is InChI=1S/C14H17F3N2/c1-4-13(2,3)9-19-12-6-5-11(14(15,16)17)7-10(12)8-18/h5-7,19H,4,9H2,1-3H3. The SMILES string of the molecule is CCC(C)(C)CNc1ccc(C(F)(F)F)cc1C#N. The number of halogens is 3. The number of nitrogens with zero attached hydrogens (tertiary/aromatic N) is 1. The summed E-state index contributed by atoms with van der Waals surface area (Å²) in [7, 11) is 0. The molecule has 0 fully saturated rings. The summed E-state index contributed by atoms with van der Waals surface area (Å²) in [5.74, 6) is 0. The Morgan fingerprint density at radius 2 is 1.89 bits per heavy atom. The van der Waals surface area contributed by atoms with Crippen molar-refractivity contribution >= 4 is 5.69 Å². The molecule has 0 heterocycles. The highest BCUT2D eigenvalue weighted by molar-refractivity contribution is 5.59. The minimum Gasteiger partial charge on any atom is -0.383 e. The van der Waals surface area contributed by atoms with Gasteiger partial charge in [0, 0.05) is 6.54 Å². The van der Waals surface area contributed by atoms with Crippen LogP contribution in [0.2, 0.25) is 0 Å². The van der Waals surface area contributed by atoms with E-state index in [9.17, 15) is 13.2 Å². The molecule has 0 bridgehead atoms. The fourth-order valence-electron chi connectivity index (χ4n) is 1.43. The lowest BCUT2D eigenvalue weighted by Crippen LogP contribution is -2.22. The van der Waals surface area contributed by atoms with Crippen LogP contribution in [0.5, 0.6) is 0 Å². The monoisotopic (exact) mass is 270 g/mol. The van der Waals surface area contributed by atoms with Crippen molar-refractivity contribution in [3.63, 3.8) is 0 Å². The van der Waals surface area contributed by atoms with Crippen LogP contribution in [-0.2, 0) is 6.18 Å². The van der Waals surface area contributed by atoms with E-state index in [1.54, 1.807) is 6.07 Å². The molecular formula is C14H17F3N2. The van der Waals surface area contributed by atoms with Gasteiger partial charge in [0.05, 0.1) is 16.8 Å². The molecule has 19 heavy (non-hydrogen) atoms. The van der Waals surface area contributed by atoms with Gasteiger partial charge in [-0.3, -0.25) is 0 Å². The minimum atomic E-state index is -4.42. The molecule has 0 aliphatic heterocycles. The predicted octanol–water partition coefficient (Wildman–Crippen LogP) is 4.43. The number of alkyl halides is 3. The van der Waals surface area contributed by atoms with Crippen molar-refractivity contribution in [2.45, 2.75) is 33.4 Å². The van der Waals surface area contributed by atoms with Crippen molar-refractivity contribution in [1.29, 1.82) is 5.26 Å². The van der Waals surface area contributed by atoms with E-state index >= 15 is 0 Å². The Labute approximate surface area is 111 Å². The average Bonchev–Trinajstić information content (AvgIpc) is 2.35. The number of benzene rings is 1. The van der Waals surface area contributed by atoms with Gasteiger partial charge in [-0.05, 0) is 30.0 Å². The molecule has 0 atom stereocenters. The number of nitrogens with one attached hydrogen (secondary N) is 1. The summed E-state index contributed by atoms with van der Waals surface area (Å²) in [6.07, 6.45) is -3.49. The third kappa shape index (κ3) is 4.16. The Kier molecular flexibility index (Phi) is 4.46. The van der Waals surface area contributed by atoms with Crippen molar-refractivity contribution < 1.29 is 13.2 Å². The highest BCUT2D eigenvalue weighted by Crippen LogP contribution is 2.32. The summed E-state index contributed by atoms with van der Waals surface area (Å²) in [6.45, 7) is 6.75. The zero-order chi connectivity index (χ0) is 14.7. The maximum atomic E-state index is 12.5. The van der Waals surface area contributed by atoms with E-state index in [2.05, 4.69) is 19.2 Å². The topological polar surface area (TPSA) is 35.8 Å². The van der Waals surface area contributed by atoms with E-state index in [4.69, 9.17) is 5.26 Å². The molecule has 1 aromatic rings. The van der Waals surface area contributed by atoms with E-state index < -0.39 is 11.7 Å². The maximum absolute atomic E-state index is 12.5. The molecule has 1 aromatic carbocycles. The van der Waals surface area contributed by atoms with Gasteiger partial charge in [0.1, 0.15) is 6.07 Å². The highest BCUT2D eigenvalue weighted by atomic mass is 19.4. The van der Waals surface area contributed by atoms with E-state index in [1.165, 1.54) is 6.07 Å². The Balaban J connectivity index is 2.96. The van der Waals surface area contributed by atoms with Crippen LogP contribution in [0.3, 0.4) is 0 Å². The highest BCUT2D eigenvalue weighted by Gasteiger charge is 2.31. The maximum Gasteiger partial charge on any atom is 0.416 e. The number of anilines is 1. The lowest BCUT2D eigenvalue weighted by molar-refractivity contribution is -0.137. The molecule has 0 unspecified atom stereocenters. The van der Waals surface area contributed by atoms with Crippen LogP contribution in [0.4, 0.5) is 18.9 Å². The van der Waals surface area contributed by atoms with Crippen molar-refractivity contribution in [3.8, 4) is 6.07 Å². The van der Waals surface area contributed by atoms with E-state index in [0.29, 0.717) is 12.2 Å². The molecule has 0 saturated carbocycles. The average molecular weight is 270 g/mol. The van der Waals surface area contributed by atoms with Crippen LogP contribution in [-0.4, -0.2) is 6.54 Å². The van der Waals surface area contributed by atoms with Gasteiger partial charge in [0.25, 0.3) is 0 Å². The minimum absolute atomic E-state index is 0.0155. The van der Waals surface area contributed by atoms with Gasteiger partial charge in [0.2, 0.25) is 0 Å². The van der Waals surface area contributed by atoms with E-state index in [1.807, 2.05) is 6.92 Å². The van der Waals surface area contributed by atoms with Gasteiger partial charge in [-0.15, -0.1) is 0 Å². The third-order valence-electron chi connectivity index (χ3n) is 3.18. The molecule has 0 aliphatic carbocycles. The summed E-state index contributed by atoms with van der Waals surface area (Å²) in [5, 5.41) is 12.0. The Morgan fingerprint density at radius 1 is 1.26 bits per heavy atom. The second kappa shape index (κ2) is 5.52. The largest absolute Gasteiger partial charge is 0.416 e. The van der Waals surface area contributed by atoms with Crippen molar-refractivity contribution in [1.82, 2.24) is 0 Å². The smallest absolute Gasteiger partial charge is 0.383 e. The Bertz CT molecular complexity index is 484. The number of hydrogen-bond donors (Lipinski definition) is 1. The number of rotatable bonds is 4. The fourth-order valence-corrected chi connectivity index (χ4v) is 1.43. The molecule has 104 valence electrons. The van der Waals surface area contributed by atoms with E-state index in [-0.39, 0.29) is 11.0 Å². The summed E-state index contributed by atoms with van der Waals surface area (Å²) in [4.78, 5) is 0.